The lowest BCUT2D eigenvalue weighted by Gasteiger charge is -2.03. The van der Waals surface area contributed by atoms with E-state index in [0.29, 0.717) is 0 Å². The Hall–Kier alpha value is -1.42. The van der Waals surface area contributed by atoms with Gasteiger partial charge in [-0.3, -0.25) is 10.1 Å². The van der Waals surface area contributed by atoms with E-state index in [2.05, 4.69) is 0 Å². The first-order valence-corrected chi connectivity index (χ1v) is 3.46. The largest absolute Gasteiger partial charge is 0.388 e. The lowest BCUT2D eigenvalue weighted by molar-refractivity contribution is -0.386. The van der Waals surface area contributed by atoms with Gasteiger partial charge in [-0.15, -0.1) is 0 Å². The molecule has 0 radical (unpaired) electrons. The minimum absolute atomic E-state index is 0.177. The molecule has 4 nitrogen and oxygen atoms in total. The zero-order chi connectivity index (χ0) is 10.0. The SMILES string of the molecule is [2H]c1cccc(C(C)O)c1[N+](=O)[O-]. The third-order valence-electron chi connectivity index (χ3n) is 1.50. The molecule has 1 aromatic rings. The number of rotatable bonds is 2. The second-order valence-corrected chi connectivity index (χ2v) is 2.41. The maximum absolute atomic E-state index is 10.5. The van der Waals surface area contributed by atoms with E-state index in [-0.39, 0.29) is 17.3 Å². The van der Waals surface area contributed by atoms with E-state index in [9.17, 15) is 15.2 Å². The van der Waals surface area contributed by atoms with Crippen molar-refractivity contribution in [1.29, 1.82) is 0 Å². The maximum Gasteiger partial charge on any atom is 0.275 e. The molecule has 0 saturated carbocycles. The number of nitrogens with zero attached hydrogens (tertiary/aromatic N) is 1. The van der Waals surface area contributed by atoms with Crippen LogP contribution in [-0.2, 0) is 0 Å². The number of aliphatic hydroxyl groups excluding tert-OH is 1. The highest BCUT2D eigenvalue weighted by Gasteiger charge is 2.15. The van der Waals surface area contributed by atoms with Crippen molar-refractivity contribution in [3.05, 3.63) is 39.9 Å². The molecule has 0 spiro atoms. The molecule has 0 aliphatic rings. The minimum atomic E-state index is -0.925. The van der Waals surface area contributed by atoms with Crippen LogP contribution in [0.4, 0.5) is 5.69 Å². The monoisotopic (exact) mass is 168 g/mol. The van der Waals surface area contributed by atoms with E-state index < -0.39 is 11.0 Å². The molecule has 64 valence electrons. The van der Waals surface area contributed by atoms with Crippen LogP contribution in [-0.4, -0.2) is 10.0 Å². The van der Waals surface area contributed by atoms with Crippen molar-refractivity contribution >= 4 is 5.69 Å². The van der Waals surface area contributed by atoms with Crippen molar-refractivity contribution in [2.75, 3.05) is 0 Å². The van der Waals surface area contributed by atoms with Crippen LogP contribution in [0, 0.1) is 10.1 Å². The molecular formula is C8H9NO3. The van der Waals surface area contributed by atoms with Gasteiger partial charge in [0.1, 0.15) is 0 Å². The zero-order valence-corrected chi connectivity index (χ0v) is 6.52. The Kier molecular flexibility index (Phi) is 2.00. The summed E-state index contributed by atoms with van der Waals surface area (Å²) in [4.78, 5) is 9.87. The molecule has 0 aliphatic carbocycles. The molecule has 1 unspecified atom stereocenters. The van der Waals surface area contributed by atoms with Gasteiger partial charge >= 0.3 is 0 Å². The number of nitro groups is 1. The molecule has 0 fully saturated rings. The Labute approximate surface area is 71.0 Å². The van der Waals surface area contributed by atoms with E-state index in [1.807, 2.05) is 0 Å². The zero-order valence-electron chi connectivity index (χ0n) is 7.52. The van der Waals surface area contributed by atoms with Gasteiger partial charge < -0.3 is 5.11 Å². The van der Waals surface area contributed by atoms with Gasteiger partial charge in [-0.05, 0) is 13.0 Å². The van der Waals surface area contributed by atoms with Crippen molar-refractivity contribution in [2.24, 2.45) is 0 Å². The maximum atomic E-state index is 10.5. The molecule has 1 N–H and O–H groups in total. The summed E-state index contributed by atoms with van der Waals surface area (Å²) in [6, 6.07) is 4.10. The van der Waals surface area contributed by atoms with Crippen LogP contribution in [0.5, 0.6) is 0 Å². The molecule has 0 saturated heterocycles. The molecule has 12 heavy (non-hydrogen) atoms. The number of aliphatic hydroxyl groups is 1. The van der Waals surface area contributed by atoms with Gasteiger partial charge in [-0.2, -0.15) is 0 Å². The van der Waals surface area contributed by atoms with Crippen LogP contribution in [0.15, 0.2) is 24.2 Å². The molecule has 0 bridgehead atoms. The van der Waals surface area contributed by atoms with E-state index in [1.54, 1.807) is 0 Å². The summed E-state index contributed by atoms with van der Waals surface area (Å²) >= 11 is 0. The lowest BCUT2D eigenvalue weighted by Crippen LogP contribution is -1.98. The second kappa shape index (κ2) is 3.32. The number of benzene rings is 1. The Balaban J connectivity index is 3.34. The summed E-state index contributed by atoms with van der Waals surface area (Å²) in [7, 11) is 0. The van der Waals surface area contributed by atoms with Gasteiger partial charge in [0.15, 0.2) is 0 Å². The summed E-state index contributed by atoms with van der Waals surface area (Å²) in [6.45, 7) is 1.43. The Bertz CT molecular complexity index is 338. The van der Waals surface area contributed by atoms with Crippen molar-refractivity contribution in [3.8, 4) is 0 Å². The smallest absolute Gasteiger partial charge is 0.275 e. The van der Waals surface area contributed by atoms with Gasteiger partial charge in [0.05, 0.1) is 18.0 Å². The summed E-state index contributed by atoms with van der Waals surface area (Å²) in [5.41, 5.74) is -0.144. The minimum Gasteiger partial charge on any atom is -0.388 e. The quantitative estimate of drug-likeness (QED) is 0.539. The van der Waals surface area contributed by atoms with Crippen molar-refractivity contribution in [1.82, 2.24) is 0 Å². The second-order valence-electron chi connectivity index (χ2n) is 2.41. The molecule has 1 aromatic carbocycles. The lowest BCUT2D eigenvalue weighted by atomic mass is 10.1. The molecular weight excluding hydrogens is 158 g/mol. The Morgan fingerprint density at radius 1 is 1.75 bits per heavy atom. The van der Waals surface area contributed by atoms with Crippen LogP contribution < -0.4 is 0 Å². The third kappa shape index (κ3) is 1.60. The van der Waals surface area contributed by atoms with Gasteiger partial charge in [-0.1, -0.05) is 12.1 Å². The fourth-order valence-corrected chi connectivity index (χ4v) is 0.936. The molecule has 0 aliphatic heterocycles. The molecule has 0 amide bonds. The number of nitro benzene ring substituents is 1. The van der Waals surface area contributed by atoms with E-state index in [0.717, 1.165) is 0 Å². The molecule has 1 atom stereocenters. The molecule has 1 rings (SSSR count). The first kappa shape index (κ1) is 7.24. The normalized spacial score (nSPS) is 13.7. The average molecular weight is 168 g/mol. The van der Waals surface area contributed by atoms with Crippen LogP contribution in [0.3, 0.4) is 0 Å². The summed E-state index contributed by atoms with van der Waals surface area (Å²) in [5.74, 6) is 0. The van der Waals surface area contributed by atoms with Crippen molar-refractivity contribution in [3.63, 3.8) is 0 Å². The summed E-state index contributed by atoms with van der Waals surface area (Å²) in [5, 5.41) is 19.7. The number of para-hydroxylation sites is 1. The fourth-order valence-electron chi connectivity index (χ4n) is 0.936. The topological polar surface area (TPSA) is 63.4 Å². The van der Waals surface area contributed by atoms with Gasteiger partial charge in [0.2, 0.25) is 0 Å². The van der Waals surface area contributed by atoms with Crippen molar-refractivity contribution < 1.29 is 11.4 Å². The highest BCUT2D eigenvalue weighted by molar-refractivity contribution is 5.40. The first-order chi connectivity index (χ1) is 6.04. The van der Waals surface area contributed by atoms with Gasteiger partial charge in [-0.25, -0.2) is 0 Å². The summed E-state index contributed by atoms with van der Waals surface area (Å²) < 4.78 is 7.28. The highest BCUT2D eigenvalue weighted by Crippen LogP contribution is 2.23. The average Bonchev–Trinajstić information content (AvgIpc) is 2.02. The van der Waals surface area contributed by atoms with Crippen LogP contribution >= 0.6 is 0 Å². The van der Waals surface area contributed by atoms with E-state index >= 15 is 0 Å². The predicted octanol–water partition coefficient (Wildman–Crippen LogP) is 1.65. The Morgan fingerprint density at radius 2 is 2.42 bits per heavy atom. The van der Waals surface area contributed by atoms with Crippen LogP contribution in [0.25, 0.3) is 0 Å². The predicted molar refractivity (Wildman–Crippen MR) is 43.7 cm³/mol. The van der Waals surface area contributed by atoms with E-state index in [4.69, 9.17) is 1.37 Å². The molecule has 0 heterocycles. The van der Waals surface area contributed by atoms with Gasteiger partial charge in [0, 0.05) is 6.04 Å². The van der Waals surface area contributed by atoms with Crippen LogP contribution in [0.2, 0.25) is 0 Å². The molecule has 0 aromatic heterocycles. The van der Waals surface area contributed by atoms with Crippen molar-refractivity contribution in [2.45, 2.75) is 13.0 Å². The standard InChI is InChI=1S/C8H9NO3/c1-6(10)7-4-2-3-5-8(7)9(11)12/h2-6,10H,1H3/i5D. The van der Waals surface area contributed by atoms with Gasteiger partial charge in [0.25, 0.3) is 5.69 Å². The molecule has 4 heteroatoms. The van der Waals surface area contributed by atoms with Crippen LogP contribution in [0.1, 0.15) is 20.0 Å². The third-order valence-corrected chi connectivity index (χ3v) is 1.50. The highest BCUT2D eigenvalue weighted by atomic mass is 16.6. The number of hydrogen-bond acceptors (Lipinski definition) is 3. The summed E-state index contributed by atoms with van der Waals surface area (Å²) in [6.07, 6.45) is -0.925. The first-order valence-electron chi connectivity index (χ1n) is 3.96. The fraction of sp³-hybridized carbons (Fsp3) is 0.250. The number of hydrogen-bond donors (Lipinski definition) is 1. The van der Waals surface area contributed by atoms with E-state index in [1.165, 1.54) is 25.1 Å². The Morgan fingerprint density at radius 3 is 2.83 bits per heavy atom.